The molecule has 1 aliphatic rings. The lowest BCUT2D eigenvalue weighted by atomic mass is 9.98. The van der Waals surface area contributed by atoms with Crippen LogP contribution in [0.1, 0.15) is 30.1 Å². The Balaban J connectivity index is 2.01. The van der Waals surface area contributed by atoms with Gasteiger partial charge in [-0.15, -0.1) is 0 Å². The van der Waals surface area contributed by atoms with Crippen molar-refractivity contribution in [2.45, 2.75) is 25.8 Å². The monoisotopic (exact) mass is 266 g/mol. The summed E-state index contributed by atoms with van der Waals surface area (Å²) in [7, 11) is 4.13. The predicted octanol–water partition coefficient (Wildman–Crippen LogP) is 1.09. The molecule has 0 radical (unpaired) electrons. The Morgan fingerprint density at radius 3 is 2.74 bits per heavy atom. The highest BCUT2D eigenvalue weighted by Crippen LogP contribution is 2.24. The quantitative estimate of drug-likeness (QED) is 0.866. The lowest BCUT2D eigenvalue weighted by Crippen LogP contribution is -2.36. The first-order valence-electron chi connectivity index (χ1n) is 7.10. The molecule has 1 aromatic heterocycles. The minimum atomic E-state index is 0.261. The highest BCUT2D eigenvalue weighted by atomic mass is 16.5. The summed E-state index contributed by atoms with van der Waals surface area (Å²) < 4.78 is 7.29. The minimum Gasteiger partial charge on any atom is -0.381 e. The Labute approximate surface area is 115 Å². The first-order chi connectivity index (χ1) is 9.11. The lowest BCUT2D eigenvalue weighted by Gasteiger charge is -2.32. The maximum atomic E-state index is 5.99. The molecule has 0 spiro atoms. The zero-order valence-corrected chi connectivity index (χ0v) is 12.3. The van der Waals surface area contributed by atoms with Crippen LogP contribution in [0.4, 0.5) is 0 Å². The molecule has 1 atom stereocenters. The third-order valence-electron chi connectivity index (χ3n) is 4.05. The largest absolute Gasteiger partial charge is 0.381 e. The standard InChI is InChI=1S/C14H26N4O/c1-11-13(10-18(3)16-11)14(8-15)17(2)9-12-4-6-19-7-5-12/h10,12,14H,4-9,15H2,1-3H3. The zero-order chi connectivity index (χ0) is 13.8. The van der Waals surface area contributed by atoms with Crippen molar-refractivity contribution < 1.29 is 4.74 Å². The van der Waals surface area contributed by atoms with Crippen LogP contribution in [0.2, 0.25) is 0 Å². The smallest absolute Gasteiger partial charge is 0.0641 e. The van der Waals surface area contributed by atoms with E-state index in [-0.39, 0.29) is 6.04 Å². The number of nitrogens with zero attached hydrogens (tertiary/aromatic N) is 3. The molecule has 1 saturated heterocycles. The third-order valence-corrected chi connectivity index (χ3v) is 4.05. The third kappa shape index (κ3) is 3.55. The van der Waals surface area contributed by atoms with Gasteiger partial charge in [0.05, 0.1) is 11.7 Å². The molecule has 5 heteroatoms. The van der Waals surface area contributed by atoms with Crippen LogP contribution in [0, 0.1) is 12.8 Å². The van der Waals surface area contributed by atoms with Crippen molar-refractivity contribution in [3.05, 3.63) is 17.5 Å². The average molecular weight is 266 g/mol. The van der Waals surface area contributed by atoms with Crippen molar-refractivity contribution >= 4 is 0 Å². The first-order valence-corrected chi connectivity index (χ1v) is 7.10. The second-order valence-corrected chi connectivity index (χ2v) is 5.59. The number of aromatic nitrogens is 2. The summed E-state index contributed by atoms with van der Waals surface area (Å²) in [5.74, 6) is 0.727. The van der Waals surface area contributed by atoms with Gasteiger partial charge in [-0.2, -0.15) is 5.10 Å². The maximum absolute atomic E-state index is 5.99. The molecule has 0 aromatic carbocycles. The van der Waals surface area contributed by atoms with E-state index in [1.165, 1.54) is 5.56 Å². The van der Waals surface area contributed by atoms with Crippen LogP contribution >= 0.6 is 0 Å². The van der Waals surface area contributed by atoms with Crippen LogP contribution in [0.3, 0.4) is 0 Å². The van der Waals surface area contributed by atoms with Gasteiger partial charge in [0.1, 0.15) is 0 Å². The van der Waals surface area contributed by atoms with Gasteiger partial charge >= 0.3 is 0 Å². The molecule has 5 nitrogen and oxygen atoms in total. The Hall–Kier alpha value is -0.910. The summed E-state index contributed by atoms with van der Waals surface area (Å²) in [6.07, 6.45) is 4.41. The molecular weight excluding hydrogens is 240 g/mol. The highest BCUT2D eigenvalue weighted by molar-refractivity contribution is 5.20. The summed E-state index contributed by atoms with van der Waals surface area (Å²) in [6.45, 7) is 5.57. The number of nitrogens with two attached hydrogens (primary N) is 1. The van der Waals surface area contributed by atoms with E-state index in [0.717, 1.165) is 44.2 Å². The minimum absolute atomic E-state index is 0.261. The van der Waals surface area contributed by atoms with Gasteiger partial charge in [-0.3, -0.25) is 9.58 Å². The Bertz CT molecular complexity index is 398. The molecule has 1 aliphatic heterocycles. The second-order valence-electron chi connectivity index (χ2n) is 5.59. The van der Waals surface area contributed by atoms with Gasteiger partial charge in [0.15, 0.2) is 0 Å². The molecule has 1 fully saturated rings. The summed E-state index contributed by atoms with van der Waals surface area (Å²) in [6, 6.07) is 0.261. The highest BCUT2D eigenvalue weighted by Gasteiger charge is 2.23. The van der Waals surface area contributed by atoms with Crippen molar-refractivity contribution in [3.8, 4) is 0 Å². The van der Waals surface area contributed by atoms with Crippen LogP contribution in [-0.2, 0) is 11.8 Å². The summed E-state index contributed by atoms with van der Waals surface area (Å²) in [5.41, 5.74) is 8.32. The van der Waals surface area contributed by atoms with E-state index in [4.69, 9.17) is 10.5 Å². The fourth-order valence-corrected chi connectivity index (χ4v) is 2.95. The van der Waals surface area contributed by atoms with Crippen LogP contribution in [0.25, 0.3) is 0 Å². The molecule has 0 aliphatic carbocycles. The molecular formula is C14H26N4O. The number of hydrogen-bond donors (Lipinski definition) is 1. The molecule has 19 heavy (non-hydrogen) atoms. The molecule has 108 valence electrons. The van der Waals surface area contributed by atoms with Gasteiger partial charge in [-0.1, -0.05) is 0 Å². The Kier molecular flexibility index (Phi) is 4.96. The van der Waals surface area contributed by atoms with E-state index >= 15 is 0 Å². The van der Waals surface area contributed by atoms with Crippen LogP contribution in [0.15, 0.2) is 6.20 Å². The van der Waals surface area contributed by atoms with Crippen molar-refractivity contribution in [3.63, 3.8) is 0 Å². The van der Waals surface area contributed by atoms with Crippen molar-refractivity contribution in [1.82, 2.24) is 14.7 Å². The summed E-state index contributed by atoms with van der Waals surface area (Å²) >= 11 is 0. The molecule has 2 N–H and O–H groups in total. The molecule has 0 amide bonds. The van der Waals surface area contributed by atoms with E-state index in [9.17, 15) is 0 Å². The summed E-state index contributed by atoms with van der Waals surface area (Å²) in [5, 5.41) is 4.42. The van der Waals surface area contributed by atoms with Gasteiger partial charge in [0, 0.05) is 45.1 Å². The lowest BCUT2D eigenvalue weighted by molar-refractivity contribution is 0.0507. The van der Waals surface area contributed by atoms with E-state index in [1.807, 2.05) is 11.7 Å². The molecule has 0 saturated carbocycles. The summed E-state index contributed by atoms with van der Waals surface area (Å²) in [4.78, 5) is 2.38. The Morgan fingerprint density at radius 2 is 2.21 bits per heavy atom. The van der Waals surface area contributed by atoms with E-state index in [0.29, 0.717) is 6.54 Å². The van der Waals surface area contributed by atoms with E-state index < -0.39 is 0 Å². The van der Waals surface area contributed by atoms with Gasteiger partial charge in [0.25, 0.3) is 0 Å². The SMILES string of the molecule is Cc1nn(C)cc1C(CN)N(C)CC1CCOCC1. The molecule has 1 unspecified atom stereocenters. The van der Waals surface area contributed by atoms with Crippen LogP contribution in [0.5, 0.6) is 0 Å². The normalized spacial score (nSPS) is 19.0. The van der Waals surface area contributed by atoms with Crippen LogP contribution < -0.4 is 5.73 Å². The average Bonchev–Trinajstić information content (AvgIpc) is 2.71. The van der Waals surface area contributed by atoms with Gasteiger partial charge < -0.3 is 10.5 Å². The number of aryl methyl sites for hydroxylation is 2. The van der Waals surface area contributed by atoms with E-state index in [2.05, 4.69) is 30.2 Å². The second kappa shape index (κ2) is 6.50. The fraction of sp³-hybridized carbons (Fsp3) is 0.786. The molecule has 2 heterocycles. The fourth-order valence-electron chi connectivity index (χ4n) is 2.95. The topological polar surface area (TPSA) is 56.3 Å². The number of hydrogen-bond acceptors (Lipinski definition) is 4. The number of rotatable bonds is 5. The first kappa shape index (κ1) is 14.5. The van der Waals surface area contributed by atoms with Gasteiger partial charge in [-0.25, -0.2) is 0 Å². The van der Waals surface area contributed by atoms with Gasteiger partial charge in [0.2, 0.25) is 0 Å². The van der Waals surface area contributed by atoms with Crippen molar-refractivity contribution in [2.75, 3.05) is 33.4 Å². The van der Waals surface area contributed by atoms with Crippen molar-refractivity contribution in [2.24, 2.45) is 18.7 Å². The number of likely N-dealkylation sites (N-methyl/N-ethyl adjacent to an activating group) is 1. The predicted molar refractivity (Wildman–Crippen MR) is 75.9 cm³/mol. The van der Waals surface area contributed by atoms with Gasteiger partial charge in [-0.05, 0) is 32.7 Å². The zero-order valence-electron chi connectivity index (χ0n) is 12.3. The molecule has 1 aromatic rings. The number of ether oxygens (including phenoxy) is 1. The Morgan fingerprint density at radius 1 is 1.53 bits per heavy atom. The van der Waals surface area contributed by atoms with E-state index in [1.54, 1.807) is 0 Å². The van der Waals surface area contributed by atoms with Crippen LogP contribution in [-0.4, -0.2) is 48.0 Å². The molecule has 2 rings (SSSR count). The van der Waals surface area contributed by atoms with Crippen molar-refractivity contribution in [1.29, 1.82) is 0 Å². The maximum Gasteiger partial charge on any atom is 0.0641 e. The molecule has 0 bridgehead atoms.